The quantitative estimate of drug-likeness (QED) is 0.758. The van der Waals surface area contributed by atoms with Crippen LogP contribution < -0.4 is 9.80 Å². The summed E-state index contributed by atoms with van der Waals surface area (Å²) in [6.07, 6.45) is 4.97. The van der Waals surface area contributed by atoms with Crippen LogP contribution in [0.25, 0.3) is 0 Å². The van der Waals surface area contributed by atoms with Crippen molar-refractivity contribution in [2.75, 3.05) is 9.80 Å². The minimum atomic E-state index is -0.723. The number of anilines is 2. The third-order valence-electron chi connectivity index (χ3n) is 5.26. The fourth-order valence-corrected chi connectivity index (χ4v) is 3.81. The molecule has 29 heavy (non-hydrogen) atoms. The van der Waals surface area contributed by atoms with Gasteiger partial charge in [0.05, 0.1) is 11.4 Å². The lowest BCUT2D eigenvalue weighted by molar-refractivity contribution is -0.121. The molecule has 0 bridgehead atoms. The Kier molecular flexibility index (Phi) is 4.27. The van der Waals surface area contributed by atoms with Crippen LogP contribution in [0.2, 0.25) is 0 Å². The first-order valence-corrected chi connectivity index (χ1v) is 9.13. The van der Waals surface area contributed by atoms with Gasteiger partial charge in [-0.15, -0.1) is 0 Å². The van der Waals surface area contributed by atoms with Gasteiger partial charge in [-0.25, -0.2) is 9.80 Å². The van der Waals surface area contributed by atoms with Crippen LogP contribution in [-0.2, 0) is 24.6 Å². The Morgan fingerprint density at radius 3 is 1.21 bits per heavy atom. The molecule has 0 saturated carbocycles. The zero-order chi connectivity index (χ0) is 20.8. The topological polar surface area (TPSA) is 74.8 Å². The normalized spacial score (nSPS) is 16.5. The summed E-state index contributed by atoms with van der Waals surface area (Å²) in [6, 6.07) is 14.3. The molecule has 6 heteroatoms. The summed E-state index contributed by atoms with van der Waals surface area (Å²) in [5.41, 5.74) is 1.68. The number of rotatable bonds is 4. The van der Waals surface area contributed by atoms with Gasteiger partial charge in [-0.1, -0.05) is 50.2 Å². The lowest BCUT2D eigenvalue weighted by Gasteiger charge is -2.33. The summed E-state index contributed by atoms with van der Waals surface area (Å²) in [4.78, 5) is 51.4. The van der Waals surface area contributed by atoms with Crippen molar-refractivity contribution in [1.29, 1.82) is 0 Å². The number of benzene rings is 2. The fraction of sp³-hybridized carbons (Fsp3) is 0.130. The molecule has 2 heterocycles. The molecule has 6 nitrogen and oxygen atoms in total. The van der Waals surface area contributed by atoms with Gasteiger partial charge >= 0.3 is 0 Å². The first-order valence-electron chi connectivity index (χ1n) is 9.13. The molecule has 2 aromatic carbocycles. The second-order valence-corrected chi connectivity index (χ2v) is 7.35. The van der Waals surface area contributed by atoms with E-state index in [1.54, 1.807) is 24.3 Å². The van der Waals surface area contributed by atoms with Crippen molar-refractivity contribution in [3.63, 3.8) is 0 Å². The molecule has 2 aliphatic heterocycles. The second-order valence-electron chi connectivity index (χ2n) is 7.35. The number of carbonyl (C=O) groups is 4. The minimum absolute atomic E-state index is 0.402. The first kappa shape index (κ1) is 18.6. The number of carbonyl (C=O) groups excluding carboxylic acids is 4. The Bertz CT molecular complexity index is 1000. The number of para-hydroxylation sites is 2. The number of hydrogen-bond acceptors (Lipinski definition) is 4. The summed E-state index contributed by atoms with van der Waals surface area (Å²) in [7, 11) is 0. The van der Waals surface area contributed by atoms with Gasteiger partial charge in [-0.05, 0) is 23.3 Å². The van der Waals surface area contributed by atoms with Crippen LogP contribution in [0.1, 0.15) is 25.0 Å². The zero-order valence-corrected chi connectivity index (χ0v) is 16.0. The van der Waals surface area contributed by atoms with Crippen LogP contribution in [0.15, 0.2) is 72.8 Å². The lowest BCUT2D eigenvalue weighted by Crippen LogP contribution is -2.35. The van der Waals surface area contributed by atoms with E-state index in [1.165, 1.54) is 24.3 Å². The molecule has 2 aliphatic rings. The molecule has 144 valence electrons. The van der Waals surface area contributed by atoms with Gasteiger partial charge in [-0.2, -0.15) is 0 Å². The maximum atomic E-state index is 12.3. The SMILES string of the molecule is CC(C)(c1ccccc1N1C(=O)C=CC1=O)c1ccccc1N1C(=O)C=CC1=O. The van der Waals surface area contributed by atoms with Crippen LogP contribution in [0.3, 0.4) is 0 Å². The first-order chi connectivity index (χ1) is 13.8. The maximum Gasteiger partial charge on any atom is 0.258 e. The van der Waals surface area contributed by atoms with Crippen molar-refractivity contribution >= 4 is 35.0 Å². The molecule has 4 rings (SSSR count). The number of nitrogens with zero attached hydrogens (tertiary/aromatic N) is 2. The molecular formula is C23H18N2O4. The average molecular weight is 386 g/mol. The van der Waals surface area contributed by atoms with Gasteiger partial charge in [0.2, 0.25) is 0 Å². The zero-order valence-electron chi connectivity index (χ0n) is 16.0. The van der Waals surface area contributed by atoms with E-state index in [0.717, 1.165) is 20.9 Å². The van der Waals surface area contributed by atoms with Crippen molar-refractivity contribution in [3.8, 4) is 0 Å². The number of imide groups is 2. The molecule has 0 atom stereocenters. The van der Waals surface area contributed by atoms with Crippen LogP contribution in [0, 0.1) is 0 Å². The molecular weight excluding hydrogens is 368 g/mol. The van der Waals surface area contributed by atoms with Crippen LogP contribution in [-0.4, -0.2) is 23.6 Å². The van der Waals surface area contributed by atoms with Gasteiger partial charge in [0.15, 0.2) is 0 Å². The summed E-state index contributed by atoms with van der Waals surface area (Å²) < 4.78 is 0. The van der Waals surface area contributed by atoms with E-state index < -0.39 is 29.0 Å². The van der Waals surface area contributed by atoms with Crippen LogP contribution in [0.5, 0.6) is 0 Å². The highest BCUT2D eigenvalue weighted by Crippen LogP contribution is 2.42. The van der Waals surface area contributed by atoms with E-state index in [-0.39, 0.29) is 0 Å². The third kappa shape index (κ3) is 2.89. The highest BCUT2D eigenvalue weighted by Gasteiger charge is 2.36. The Morgan fingerprint density at radius 2 is 0.862 bits per heavy atom. The predicted molar refractivity (Wildman–Crippen MR) is 108 cm³/mol. The molecule has 0 aromatic heterocycles. The number of hydrogen-bond donors (Lipinski definition) is 0. The smallest absolute Gasteiger partial charge is 0.258 e. The number of amides is 4. The Morgan fingerprint density at radius 1 is 0.552 bits per heavy atom. The molecule has 0 spiro atoms. The van der Waals surface area contributed by atoms with E-state index in [2.05, 4.69) is 0 Å². The predicted octanol–water partition coefficient (Wildman–Crippen LogP) is 2.87. The van der Waals surface area contributed by atoms with Crippen molar-refractivity contribution in [2.24, 2.45) is 0 Å². The monoisotopic (exact) mass is 386 g/mol. The van der Waals surface area contributed by atoms with Gasteiger partial charge in [0, 0.05) is 29.7 Å². The largest absolute Gasteiger partial charge is 0.269 e. The molecule has 0 fully saturated rings. The van der Waals surface area contributed by atoms with E-state index >= 15 is 0 Å². The van der Waals surface area contributed by atoms with E-state index in [1.807, 2.05) is 38.1 Å². The molecule has 0 radical (unpaired) electrons. The highest BCUT2D eigenvalue weighted by molar-refractivity contribution is 6.29. The summed E-state index contributed by atoms with van der Waals surface area (Å²) in [5.74, 6) is -1.61. The average Bonchev–Trinajstić information content (AvgIpc) is 3.22. The fourth-order valence-electron chi connectivity index (χ4n) is 3.81. The molecule has 0 unspecified atom stereocenters. The molecule has 0 saturated heterocycles. The maximum absolute atomic E-state index is 12.3. The van der Waals surface area contributed by atoms with Gasteiger partial charge in [-0.3, -0.25) is 19.2 Å². The van der Waals surface area contributed by atoms with Gasteiger partial charge in [0.25, 0.3) is 23.6 Å². The Balaban J connectivity index is 1.87. The van der Waals surface area contributed by atoms with E-state index in [4.69, 9.17) is 0 Å². The second kappa shape index (κ2) is 6.67. The van der Waals surface area contributed by atoms with Gasteiger partial charge < -0.3 is 0 Å². The Labute approximate surface area is 167 Å². The highest BCUT2D eigenvalue weighted by atomic mass is 16.2. The summed E-state index contributed by atoms with van der Waals surface area (Å²) >= 11 is 0. The molecule has 2 aromatic rings. The van der Waals surface area contributed by atoms with Crippen LogP contribution in [0.4, 0.5) is 11.4 Å². The standard InChI is InChI=1S/C23H18N2O4/c1-23(2,15-7-3-5-9-17(15)24-19(26)11-12-20(24)27)16-8-4-6-10-18(16)25-21(28)13-14-22(25)29/h3-14H,1-2H3. The van der Waals surface area contributed by atoms with Crippen molar-refractivity contribution in [2.45, 2.75) is 19.3 Å². The molecule has 4 amide bonds. The molecule has 0 aliphatic carbocycles. The summed E-state index contributed by atoms with van der Waals surface area (Å²) in [5, 5.41) is 0. The summed E-state index contributed by atoms with van der Waals surface area (Å²) in [6.45, 7) is 3.86. The minimum Gasteiger partial charge on any atom is -0.269 e. The lowest BCUT2D eigenvalue weighted by atomic mass is 9.76. The van der Waals surface area contributed by atoms with E-state index in [9.17, 15) is 19.2 Å². The van der Waals surface area contributed by atoms with Crippen molar-refractivity contribution < 1.29 is 19.2 Å². The molecule has 0 N–H and O–H groups in total. The van der Waals surface area contributed by atoms with Crippen LogP contribution >= 0.6 is 0 Å². The Hall–Kier alpha value is -3.80. The van der Waals surface area contributed by atoms with E-state index in [0.29, 0.717) is 11.4 Å². The van der Waals surface area contributed by atoms with Crippen molar-refractivity contribution in [3.05, 3.63) is 84.0 Å². The third-order valence-corrected chi connectivity index (χ3v) is 5.26. The van der Waals surface area contributed by atoms with Crippen molar-refractivity contribution in [1.82, 2.24) is 0 Å². The van der Waals surface area contributed by atoms with Gasteiger partial charge in [0.1, 0.15) is 0 Å².